The SMILES string of the molecule is O=C(CCCNC(=O)c1ccc(F)cc1F)Nc1cc(C(F)(F)F)ccc1N1CCCC1. The van der Waals surface area contributed by atoms with Crippen LogP contribution in [-0.2, 0) is 11.0 Å². The summed E-state index contributed by atoms with van der Waals surface area (Å²) < 4.78 is 65.9. The van der Waals surface area contributed by atoms with Crippen LogP contribution in [0.2, 0.25) is 0 Å². The highest BCUT2D eigenvalue weighted by Gasteiger charge is 2.32. The maximum Gasteiger partial charge on any atom is 0.416 e. The molecule has 32 heavy (non-hydrogen) atoms. The summed E-state index contributed by atoms with van der Waals surface area (Å²) in [4.78, 5) is 26.2. The molecule has 0 radical (unpaired) electrons. The fourth-order valence-corrected chi connectivity index (χ4v) is 3.48. The summed E-state index contributed by atoms with van der Waals surface area (Å²) in [5.41, 5.74) is -0.563. The van der Waals surface area contributed by atoms with Crippen LogP contribution in [0.5, 0.6) is 0 Å². The molecule has 0 bridgehead atoms. The minimum Gasteiger partial charge on any atom is -0.370 e. The lowest BCUT2D eigenvalue weighted by Gasteiger charge is -2.23. The summed E-state index contributed by atoms with van der Waals surface area (Å²) in [5.74, 6) is -3.07. The highest BCUT2D eigenvalue weighted by molar-refractivity contribution is 5.95. The molecule has 2 N–H and O–H groups in total. The first kappa shape index (κ1) is 23.5. The predicted octanol–water partition coefficient (Wildman–Crippen LogP) is 4.73. The Morgan fingerprint density at radius 3 is 2.38 bits per heavy atom. The molecule has 5 nitrogen and oxygen atoms in total. The van der Waals surface area contributed by atoms with E-state index >= 15 is 0 Å². The molecule has 0 spiro atoms. The molecule has 1 saturated heterocycles. The quantitative estimate of drug-likeness (QED) is 0.469. The van der Waals surface area contributed by atoms with Gasteiger partial charge in [-0.25, -0.2) is 8.78 Å². The third-order valence-electron chi connectivity index (χ3n) is 5.09. The van der Waals surface area contributed by atoms with Gasteiger partial charge in [-0.05, 0) is 49.6 Å². The lowest BCUT2D eigenvalue weighted by atomic mass is 10.1. The Kier molecular flexibility index (Phi) is 7.32. The highest BCUT2D eigenvalue weighted by Crippen LogP contribution is 2.36. The van der Waals surface area contributed by atoms with E-state index in [-0.39, 0.29) is 30.6 Å². The van der Waals surface area contributed by atoms with Crippen LogP contribution in [0.4, 0.5) is 33.3 Å². The highest BCUT2D eigenvalue weighted by atomic mass is 19.4. The number of amides is 2. The van der Waals surface area contributed by atoms with Gasteiger partial charge in [-0.2, -0.15) is 13.2 Å². The van der Waals surface area contributed by atoms with E-state index < -0.39 is 35.2 Å². The van der Waals surface area contributed by atoms with Gasteiger partial charge in [0.1, 0.15) is 11.6 Å². The summed E-state index contributed by atoms with van der Waals surface area (Å²) >= 11 is 0. The summed E-state index contributed by atoms with van der Waals surface area (Å²) in [6, 6.07) is 5.84. The van der Waals surface area contributed by atoms with Crippen molar-refractivity contribution in [1.29, 1.82) is 0 Å². The van der Waals surface area contributed by atoms with Crippen molar-refractivity contribution in [1.82, 2.24) is 5.32 Å². The largest absolute Gasteiger partial charge is 0.416 e. The van der Waals surface area contributed by atoms with Gasteiger partial charge in [0.25, 0.3) is 5.91 Å². The first-order valence-corrected chi connectivity index (χ1v) is 10.1. The number of rotatable bonds is 7. The Hall–Kier alpha value is -3.17. The Morgan fingerprint density at radius 1 is 1.00 bits per heavy atom. The van der Waals surface area contributed by atoms with Crippen LogP contribution < -0.4 is 15.5 Å². The maximum absolute atomic E-state index is 13.6. The molecule has 1 fully saturated rings. The van der Waals surface area contributed by atoms with Gasteiger partial charge in [0.05, 0.1) is 22.5 Å². The molecule has 2 aromatic rings. The van der Waals surface area contributed by atoms with Crippen molar-refractivity contribution in [3.05, 3.63) is 59.2 Å². The Balaban J connectivity index is 1.57. The van der Waals surface area contributed by atoms with E-state index in [4.69, 9.17) is 0 Å². The number of nitrogens with zero attached hydrogens (tertiary/aromatic N) is 1. The smallest absolute Gasteiger partial charge is 0.370 e. The van der Waals surface area contributed by atoms with Crippen molar-refractivity contribution >= 4 is 23.2 Å². The molecule has 0 unspecified atom stereocenters. The van der Waals surface area contributed by atoms with Crippen molar-refractivity contribution in [3.8, 4) is 0 Å². The summed E-state index contributed by atoms with van der Waals surface area (Å²) in [7, 11) is 0. The molecule has 1 aliphatic heterocycles. The first-order chi connectivity index (χ1) is 15.1. The number of anilines is 2. The zero-order chi connectivity index (χ0) is 23.3. The van der Waals surface area contributed by atoms with Crippen molar-refractivity contribution < 1.29 is 31.5 Å². The monoisotopic (exact) mass is 455 g/mol. The first-order valence-electron chi connectivity index (χ1n) is 10.1. The summed E-state index contributed by atoms with van der Waals surface area (Å²) in [5, 5.41) is 4.97. The van der Waals surface area contributed by atoms with E-state index in [1.54, 1.807) is 0 Å². The number of hydrogen-bond donors (Lipinski definition) is 2. The van der Waals surface area contributed by atoms with Gasteiger partial charge in [0.2, 0.25) is 5.91 Å². The zero-order valence-corrected chi connectivity index (χ0v) is 17.1. The van der Waals surface area contributed by atoms with Gasteiger partial charge in [-0.3, -0.25) is 9.59 Å². The van der Waals surface area contributed by atoms with Gasteiger partial charge in [-0.15, -0.1) is 0 Å². The Bertz CT molecular complexity index is 988. The average Bonchev–Trinajstić information content (AvgIpc) is 3.25. The third kappa shape index (κ3) is 5.95. The third-order valence-corrected chi connectivity index (χ3v) is 5.09. The van der Waals surface area contributed by atoms with E-state index in [2.05, 4.69) is 10.6 Å². The van der Waals surface area contributed by atoms with Crippen LogP contribution >= 0.6 is 0 Å². The molecule has 2 aromatic carbocycles. The number of benzene rings is 2. The Morgan fingerprint density at radius 2 is 1.72 bits per heavy atom. The zero-order valence-electron chi connectivity index (χ0n) is 17.1. The molecule has 10 heteroatoms. The number of halogens is 5. The number of alkyl halides is 3. The van der Waals surface area contributed by atoms with Gasteiger partial charge in [0.15, 0.2) is 0 Å². The predicted molar refractivity (Wildman–Crippen MR) is 109 cm³/mol. The summed E-state index contributed by atoms with van der Waals surface area (Å²) in [6.45, 7) is 1.42. The molecule has 1 heterocycles. The molecular weight excluding hydrogens is 433 g/mol. The molecule has 0 saturated carbocycles. The van der Waals surface area contributed by atoms with Gasteiger partial charge >= 0.3 is 6.18 Å². The standard InChI is InChI=1S/C22H22F5N3O2/c23-15-6-7-16(17(24)13-15)21(32)28-9-3-4-20(31)29-18-12-14(22(25,26)27)5-8-19(18)30-10-1-2-11-30/h5-8,12-13H,1-4,9-11H2,(H,28,32)(H,29,31). The molecule has 2 amide bonds. The number of hydrogen-bond acceptors (Lipinski definition) is 3. The minimum absolute atomic E-state index is 0.0324. The van der Waals surface area contributed by atoms with E-state index in [0.717, 1.165) is 37.1 Å². The van der Waals surface area contributed by atoms with Crippen molar-refractivity contribution in [3.63, 3.8) is 0 Å². The second-order valence-corrected chi connectivity index (χ2v) is 7.46. The molecule has 3 rings (SSSR count). The van der Waals surface area contributed by atoms with Crippen molar-refractivity contribution in [2.45, 2.75) is 31.9 Å². The van der Waals surface area contributed by atoms with E-state index in [1.165, 1.54) is 6.07 Å². The van der Waals surface area contributed by atoms with Crippen LogP contribution in [0.3, 0.4) is 0 Å². The number of nitrogens with one attached hydrogen (secondary N) is 2. The molecule has 0 atom stereocenters. The maximum atomic E-state index is 13.6. The molecule has 0 aromatic heterocycles. The average molecular weight is 455 g/mol. The van der Waals surface area contributed by atoms with E-state index in [9.17, 15) is 31.5 Å². The second kappa shape index (κ2) is 9.97. The van der Waals surface area contributed by atoms with Crippen LogP contribution in [-0.4, -0.2) is 31.4 Å². The van der Waals surface area contributed by atoms with Crippen LogP contribution in [0.1, 0.15) is 41.6 Å². The Labute approximate surface area is 181 Å². The van der Waals surface area contributed by atoms with E-state index in [0.29, 0.717) is 24.8 Å². The van der Waals surface area contributed by atoms with Gasteiger partial charge < -0.3 is 15.5 Å². The van der Waals surface area contributed by atoms with E-state index in [1.807, 2.05) is 4.90 Å². The lowest BCUT2D eigenvalue weighted by Crippen LogP contribution is -2.26. The van der Waals surface area contributed by atoms with Crippen LogP contribution in [0.15, 0.2) is 36.4 Å². The molecule has 1 aliphatic rings. The van der Waals surface area contributed by atoms with Gasteiger partial charge in [0, 0.05) is 32.1 Å². The number of carbonyl (C=O) groups excluding carboxylic acids is 2. The second-order valence-electron chi connectivity index (χ2n) is 7.46. The number of carbonyl (C=O) groups is 2. The fraction of sp³-hybridized carbons (Fsp3) is 0.364. The normalized spacial score (nSPS) is 13.8. The fourth-order valence-electron chi connectivity index (χ4n) is 3.48. The molecule has 0 aliphatic carbocycles. The lowest BCUT2D eigenvalue weighted by molar-refractivity contribution is -0.137. The van der Waals surface area contributed by atoms with Crippen LogP contribution in [0.25, 0.3) is 0 Å². The molecule has 172 valence electrons. The topological polar surface area (TPSA) is 61.4 Å². The van der Waals surface area contributed by atoms with Crippen LogP contribution in [0, 0.1) is 11.6 Å². The van der Waals surface area contributed by atoms with Crippen molar-refractivity contribution in [2.75, 3.05) is 29.9 Å². The van der Waals surface area contributed by atoms with Crippen molar-refractivity contribution in [2.24, 2.45) is 0 Å². The van der Waals surface area contributed by atoms with Gasteiger partial charge in [-0.1, -0.05) is 0 Å². The minimum atomic E-state index is -4.54. The molecular formula is C22H22F5N3O2. The summed E-state index contributed by atoms with van der Waals surface area (Å²) in [6.07, 6.45) is -2.59.